The maximum absolute atomic E-state index is 13.5. The summed E-state index contributed by atoms with van der Waals surface area (Å²) in [4.78, 5) is 23.6. The van der Waals surface area contributed by atoms with E-state index in [1.807, 2.05) is 6.07 Å². The van der Waals surface area contributed by atoms with Crippen LogP contribution in [0.3, 0.4) is 0 Å². The minimum atomic E-state index is -1.03. The number of ether oxygens (including phenoxy) is 1. The molecule has 24 heavy (non-hydrogen) atoms. The summed E-state index contributed by atoms with van der Waals surface area (Å²) < 4.78 is 18.3. The Kier molecular flexibility index (Phi) is 5.74. The van der Waals surface area contributed by atoms with Gasteiger partial charge in [0.15, 0.2) is 6.61 Å². The molecule has 0 spiro atoms. The molecule has 0 aromatic heterocycles. The molecular formula is C16H9Cl2FN2O3. The first-order valence-electron chi connectivity index (χ1n) is 6.52. The maximum Gasteiger partial charge on any atom is 0.341 e. The van der Waals surface area contributed by atoms with Crippen LogP contribution in [0.4, 0.5) is 10.1 Å². The van der Waals surface area contributed by atoms with Gasteiger partial charge in [-0.2, -0.15) is 5.26 Å². The van der Waals surface area contributed by atoms with Crippen molar-refractivity contribution in [2.24, 2.45) is 0 Å². The van der Waals surface area contributed by atoms with Gasteiger partial charge < -0.3 is 10.1 Å². The molecule has 0 atom stereocenters. The Morgan fingerprint density at radius 3 is 2.54 bits per heavy atom. The number of rotatable bonds is 4. The van der Waals surface area contributed by atoms with Gasteiger partial charge in [0.1, 0.15) is 11.9 Å². The number of anilines is 1. The smallest absolute Gasteiger partial charge is 0.341 e. The van der Waals surface area contributed by atoms with Crippen LogP contribution in [0.25, 0.3) is 0 Å². The normalized spacial score (nSPS) is 9.92. The number of hydrogen-bond donors (Lipinski definition) is 1. The van der Waals surface area contributed by atoms with E-state index in [4.69, 9.17) is 33.2 Å². The van der Waals surface area contributed by atoms with Crippen molar-refractivity contribution in [2.45, 2.75) is 0 Å². The molecule has 0 unspecified atom stereocenters. The molecule has 0 aliphatic rings. The lowest BCUT2D eigenvalue weighted by Gasteiger charge is -2.09. The van der Waals surface area contributed by atoms with Crippen LogP contribution in [-0.2, 0) is 9.53 Å². The Morgan fingerprint density at radius 2 is 1.83 bits per heavy atom. The lowest BCUT2D eigenvalue weighted by atomic mass is 10.2. The van der Waals surface area contributed by atoms with Crippen molar-refractivity contribution in [1.29, 1.82) is 5.26 Å². The highest BCUT2D eigenvalue weighted by Crippen LogP contribution is 2.20. The predicted octanol–water partition coefficient (Wildman–Crippen LogP) is 3.80. The van der Waals surface area contributed by atoms with Gasteiger partial charge in [-0.05, 0) is 36.4 Å². The van der Waals surface area contributed by atoms with Gasteiger partial charge in [0.2, 0.25) is 0 Å². The van der Waals surface area contributed by atoms with Crippen LogP contribution in [0.1, 0.15) is 15.9 Å². The number of carbonyl (C=O) groups excluding carboxylic acids is 2. The van der Waals surface area contributed by atoms with E-state index in [-0.39, 0.29) is 21.8 Å². The summed E-state index contributed by atoms with van der Waals surface area (Å²) in [6.45, 7) is -0.665. The largest absolute Gasteiger partial charge is 0.452 e. The molecule has 0 saturated carbocycles. The summed E-state index contributed by atoms with van der Waals surface area (Å²) in [7, 11) is 0. The van der Waals surface area contributed by atoms with Crippen molar-refractivity contribution >= 4 is 40.8 Å². The van der Waals surface area contributed by atoms with E-state index in [0.29, 0.717) is 5.02 Å². The van der Waals surface area contributed by atoms with Crippen LogP contribution in [-0.4, -0.2) is 18.5 Å². The van der Waals surface area contributed by atoms with E-state index < -0.39 is 24.3 Å². The van der Waals surface area contributed by atoms with Crippen LogP contribution in [0.5, 0.6) is 0 Å². The summed E-state index contributed by atoms with van der Waals surface area (Å²) in [6.07, 6.45) is 0. The molecule has 2 rings (SSSR count). The third-order valence-corrected chi connectivity index (χ3v) is 3.33. The monoisotopic (exact) mass is 366 g/mol. The first kappa shape index (κ1) is 17.7. The highest BCUT2D eigenvalue weighted by molar-refractivity contribution is 6.31. The molecule has 2 aromatic carbocycles. The molecule has 0 fully saturated rings. The molecule has 0 heterocycles. The third-order valence-electron chi connectivity index (χ3n) is 2.86. The lowest BCUT2D eigenvalue weighted by molar-refractivity contribution is -0.119. The Labute approximate surface area is 146 Å². The van der Waals surface area contributed by atoms with Gasteiger partial charge in [-0.25, -0.2) is 9.18 Å². The fourth-order valence-corrected chi connectivity index (χ4v) is 2.11. The maximum atomic E-state index is 13.5. The van der Waals surface area contributed by atoms with E-state index in [9.17, 15) is 14.0 Å². The minimum absolute atomic E-state index is 0.158. The molecular weight excluding hydrogens is 358 g/mol. The Hall–Kier alpha value is -2.62. The summed E-state index contributed by atoms with van der Waals surface area (Å²) in [5.41, 5.74) is -0.00397. The van der Waals surface area contributed by atoms with Gasteiger partial charge in [0.25, 0.3) is 5.91 Å². The summed E-state index contributed by atoms with van der Waals surface area (Å²) in [6, 6.07) is 9.60. The van der Waals surface area contributed by atoms with E-state index >= 15 is 0 Å². The zero-order chi connectivity index (χ0) is 17.7. The number of carbonyl (C=O) groups is 2. The van der Waals surface area contributed by atoms with Crippen LogP contribution in [0.15, 0.2) is 36.4 Å². The van der Waals surface area contributed by atoms with Crippen molar-refractivity contribution in [2.75, 3.05) is 11.9 Å². The van der Waals surface area contributed by atoms with Gasteiger partial charge >= 0.3 is 5.97 Å². The molecule has 0 bridgehead atoms. The van der Waals surface area contributed by atoms with Gasteiger partial charge in [0, 0.05) is 10.0 Å². The van der Waals surface area contributed by atoms with Crippen molar-refractivity contribution in [3.05, 3.63) is 63.4 Å². The van der Waals surface area contributed by atoms with Crippen LogP contribution < -0.4 is 5.32 Å². The molecule has 0 aliphatic carbocycles. The molecule has 0 saturated heterocycles. The first-order chi connectivity index (χ1) is 11.4. The van der Waals surface area contributed by atoms with Gasteiger partial charge in [-0.15, -0.1) is 0 Å². The average molecular weight is 367 g/mol. The summed E-state index contributed by atoms with van der Waals surface area (Å²) in [5.74, 6) is -2.55. The van der Waals surface area contributed by atoms with Crippen molar-refractivity contribution < 1.29 is 18.7 Å². The van der Waals surface area contributed by atoms with Gasteiger partial charge in [-0.1, -0.05) is 23.2 Å². The lowest BCUT2D eigenvalue weighted by Crippen LogP contribution is -2.21. The van der Waals surface area contributed by atoms with Crippen molar-refractivity contribution in [3.63, 3.8) is 0 Å². The Bertz CT molecular complexity index is 850. The van der Waals surface area contributed by atoms with E-state index in [0.717, 1.165) is 12.1 Å². The topological polar surface area (TPSA) is 79.2 Å². The minimum Gasteiger partial charge on any atom is -0.452 e. The van der Waals surface area contributed by atoms with Crippen LogP contribution >= 0.6 is 23.2 Å². The number of nitriles is 1. The van der Waals surface area contributed by atoms with E-state index in [1.54, 1.807) is 0 Å². The molecule has 5 nitrogen and oxygen atoms in total. The number of amides is 1. The third kappa shape index (κ3) is 4.44. The molecule has 122 valence electrons. The van der Waals surface area contributed by atoms with Gasteiger partial charge in [-0.3, -0.25) is 4.79 Å². The quantitative estimate of drug-likeness (QED) is 0.834. The molecule has 2 aromatic rings. The highest BCUT2D eigenvalue weighted by Gasteiger charge is 2.16. The zero-order valence-corrected chi connectivity index (χ0v) is 13.5. The number of esters is 1. The molecule has 1 N–H and O–H groups in total. The SMILES string of the molecule is N#Cc1ccc(Cl)cc1NC(=O)COC(=O)c1cc(Cl)ccc1F. The molecule has 0 aliphatic heterocycles. The number of nitrogens with one attached hydrogen (secondary N) is 1. The molecule has 0 radical (unpaired) electrons. The summed E-state index contributed by atoms with van der Waals surface area (Å²) in [5, 5.41) is 11.8. The Balaban J connectivity index is 2.01. The fraction of sp³-hybridized carbons (Fsp3) is 0.0625. The molecule has 8 heteroatoms. The average Bonchev–Trinajstić information content (AvgIpc) is 2.55. The number of benzene rings is 2. The van der Waals surface area contributed by atoms with Crippen molar-refractivity contribution in [1.82, 2.24) is 0 Å². The van der Waals surface area contributed by atoms with Crippen LogP contribution in [0, 0.1) is 17.1 Å². The first-order valence-corrected chi connectivity index (χ1v) is 7.28. The Morgan fingerprint density at radius 1 is 1.17 bits per heavy atom. The van der Waals surface area contributed by atoms with Crippen molar-refractivity contribution in [3.8, 4) is 6.07 Å². The van der Waals surface area contributed by atoms with Gasteiger partial charge in [0.05, 0.1) is 16.8 Å². The zero-order valence-electron chi connectivity index (χ0n) is 12.0. The molecule has 1 amide bonds. The second kappa shape index (κ2) is 7.77. The number of nitrogens with zero attached hydrogens (tertiary/aromatic N) is 1. The standard InChI is InChI=1S/C16H9Cl2FN2O3/c17-10-3-4-13(19)12(5-10)16(23)24-8-15(22)21-14-6-11(18)2-1-9(14)7-20/h1-6H,8H2,(H,21,22). The second-order valence-electron chi connectivity index (χ2n) is 4.55. The number of hydrogen-bond acceptors (Lipinski definition) is 4. The number of halogens is 3. The van der Waals surface area contributed by atoms with E-state index in [2.05, 4.69) is 5.32 Å². The highest BCUT2D eigenvalue weighted by atomic mass is 35.5. The fourth-order valence-electron chi connectivity index (χ4n) is 1.77. The van der Waals surface area contributed by atoms with E-state index in [1.165, 1.54) is 24.3 Å². The predicted molar refractivity (Wildman–Crippen MR) is 86.5 cm³/mol. The summed E-state index contributed by atoms with van der Waals surface area (Å²) >= 11 is 11.5. The van der Waals surface area contributed by atoms with Crippen LogP contribution in [0.2, 0.25) is 10.0 Å². The second-order valence-corrected chi connectivity index (χ2v) is 5.42.